The Morgan fingerprint density at radius 1 is 1.42 bits per heavy atom. The van der Waals surface area contributed by atoms with Gasteiger partial charge in [0.15, 0.2) is 0 Å². The van der Waals surface area contributed by atoms with Gasteiger partial charge in [-0.1, -0.05) is 0 Å². The molecule has 0 bridgehead atoms. The van der Waals surface area contributed by atoms with Gasteiger partial charge < -0.3 is 15.3 Å². The van der Waals surface area contributed by atoms with Crippen molar-refractivity contribution in [3.05, 3.63) is 23.9 Å². The zero-order valence-corrected chi connectivity index (χ0v) is 13.2. The Morgan fingerprint density at radius 2 is 2.17 bits per heavy atom. The molecule has 1 aliphatic heterocycles. The summed E-state index contributed by atoms with van der Waals surface area (Å²) < 4.78 is 0. The number of piperidine rings is 1. The largest absolute Gasteiger partial charge is 0.480 e. The Bertz CT molecular complexity index is 733. The summed E-state index contributed by atoms with van der Waals surface area (Å²) in [5, 5.41) is 17.9. The van der Waals surface area contributed by atoms with Crippen LogP contribution in [-0.4, -0.2) is 57.0 Å². The van der Waals surface area contributed by atoms with Crippen LogP contribution in [0.5, 0.6) is 0 Å². The number of amides is 1. The monoisotopic (exact) mass is 331 g/mol. The van der Waals surface area contributed by atoms with Gasteiger partial charge in [-0.25, -0.2) is 9.78 Å². The van der Waals surface area contributed by atoms with E-state index in [1.54, 1.807) is 12.1 Å². The predicted molar refractivity (Wildman–Crippen MR) is 84.2 cm³/mol. The van der Waals surface area contributed by atoms with E-state index >= 15 is 0 Å². The predicted octanol–water partition coefficient (Wildman–Crippen LogP) is -1.30. The normalized spacial score (nSPS) is 24.2. The van der Waals surface area contributed by atoms with Crippen LogP contribution in [0, 0.1) is 5.92 Å². The molecule has 1 amide bonds. The van der Waals surface area contributed by atoms with Crippen LogP contribution in [0.15, 0.2) is 18.3 Å². The Hall–Kier alpha value is -2.77. The fourth-order valence-corrected chi connectivity index (χ4v) is 3.24. The number of carboxylic acids is 1. The van der Waals surface area contributed by atoms with Crippen LogP contribution in [0.3, 0.4) is 0 Å². The Labute approximate surface area is 138 Å². The molecule has 1 saturated carbocycles. The van der Waals surface area contributed by atoms with Crippen molar-refractivity contribution in [3.63, 3.8) is 0 Å². The van der Waals surface area contributed by atoms with Gasteiger partial charge in [0.25, 0.3) is 5.71 Å². The average Bonchev–Trinajstić information content (AvgIpc) is 3.21. The second-order valence-electron chi connectivity index (χ2n) is 6.18. The molecule has 4 N–H and O–H groups in total. The zero-order chi connectivity index (χ0) is 17.4. The molecule has 8 heteroatoms. The molecule has 3 atom stereocenters. The van der Waals surface area contributed by atoms with Crippen molar-refractivity contribution < 1.29 is 24.9 Å². The van der Waals surface area contributed by atoms with Crippen LogP contribution in [0.4, 0.5) is 5.82 Å². The fourth-order valence-electron chi connectivity index (χ4n) is 3.24. The van der Waals surface area contributed by atoms with Crippen LogP contribution in [0.1, 0.15) is 25.3 Å². The molecule has 3 rings (SSSR count). The number of pyridine rings is 1. The number of carboxylic acid groups (broad SMARTS) is 1. The third kappa shape index (κ3) is 2.86. The number of nitrogens with two attached hydrogens (primary N) is 1. The Morgan fingerprint density at radius 3 is 2.83 bits per heavy atom. The maximum absolute atomic E-state index is 12.5. The maximum atomic E-state index is 12.5. The summed E-state index contributed by atoms with van der Waals surface area (Å²) in [5.41, 5.74) is 0.489. The lowest BCUT2D eigenvalue weighted by molar-refractivity contribution is -0.148. The third-order valence-electron chi connectivity index (χ3n) is 4.56. The lowest BCUT2D eigenvalue weighted by Gasteiger charge is -2.24. The van der Waals surface area contributed by atoms with Crippen LogP contribution >= 0.6 is 0 Å². The van der Waals surface area contributed by atoms with Crippen LogP contribution in [-0.2, 0) is 14.4 Å². The molecule has 8 nitrogen and oxygen atoms in total. The van der Waals surface area contributed by atoms with Gasteiger partial charge in [0.2, 0.25) is 11.7 Å². The molecule has 1 aromatic heterocycles. The Kier molecular flexibility index (Phi) is 4.04. The molecule has 2 fully saturated rings. The number of likely N-dealkylation sites (tertiary alicyclic amines) is 1. The van der Waals surface area contributed by atoms with Gasteiger partial charge in [-0.15, -0.1) is 0 Å². The maximum Gasteiger partial charge on any atom is 0.326 e. The number of nitrogens with zero attached hydrogens (tertiary/aromatic N) is 2. The second-order valence-corrected chi connectivity index (χ2v) is 6.18. The van der Waals surface area contributed by atoms with Crippen molar-refractivity contribution in [2.45, 2.75) is 31.8 Å². The van der Waals surface area contributed by atoms with Crippen molar-refractivity contribution >= 4 is 29.2 Å². The van der Waals surface area contributed by atoms with E-state index in [0.29, 0.717) is 23.7 Å². The first-order valence-corrected chi connectivity index (χ1v) is 7.76. The van der Waals surface area contributed by atoms with Crippen molar-refractivity contribution in [2.24, 2.45) is 5.92 Å². The number of hydrogen-bond donors (Lipinski definition) is 3. The van der Waals surface area contributed by atoms with Gasteiger partial charge >= 0.3 is 5.97 Å². The topological polar surface area (TPSA) is 125 Å². The summed E-state index contributed by atoms with van der Waals surface area (Å²) in [6.07, 6.45) is 2.91. The number of Topliss-reactive ketones (excluding diaryl/α,β-unsaturated/α-hetero) is 1. The summed E-state index contributed by atoms with van der Waals surface area (Å²) in [6, 6.07) is 2.58. The highest BCUT2D eigenvalue weighted by molar-refractivity contribution is 6.43. The highest BCUT2D eigenvalue weighted by atomic mass is 16.4. The van der Waals surface area contributed by atoms with E-state index < -0.39 is 12.0 Å². The zero-order valence-electron chi connectivity index (χ0n) is 13.2. The molecule has 126 valence electrons. The first-order valence-electron chi connectivity index (χ1n) is 7.76. The van der Waals surface area contributed by atoms with Gasteiger partial charge in [0.1, 0.15) is 11.9 Å². The van der Waals surface area contributed by atoms with Crippen molar-refractivity contribution in [3.8, 4) is 0 Å². The first kappa shape index (κ1) is 16.1. The minimum Gasteiger partial charge on any atom is -0.480 e. The molecular weight excluding hydrogens is 312 g/mol. The molecule has 0 radical (unpaired) electrons. The number of aromatic nitrogens is 1. The van der Waals surface area contributed by atoms with Crippen LogP contribution < -0.4 is 10.7 Å². The smallest absolute Gasteiger partial charge is 0.326 e. The Balaban J connectivity index is 1.70. The van der Waals surface area contributed by atoms with Crippen LogP contribution in [0.25, 0.3) is 0 Å². The minimum absolute atomic E-state index is 0.0393. The summed E-state index contributed by atoms with van der Waals surface area (Å²) in [6.45, 7) is 1.26. The first-order chi connectivity index (χ1) is 11.4. The van der Waals surface area contributed by atoms with Crippen LogP contribution in [0.2, 0.25) is 0 Å². The highest BCUT2D eigenvalue weighted by Gasteiger charge is 2.56. The lowest BCUT2D eigenvalue weighted by atomic mass is 10.1. The van der Waals surface area contributed by atoms with Crippen molar-refractivity contribution in [1.29, 1.82) is 0 Å². The van der Waals surface area contributed by atoms with E-state index in [4.69, 9.17) is 5.41 Å². The molecule has 2 aliphatic rings. The highest BCUT2D eigenvalue weighted by Crippen LogP contribution is 2.47. The number of aliphatic carboxylic acids is 1. The second kappa shape index (κ2) is 6.03. The number of nitrogens with one attached hydrogen (secondary N) is 1. The van der Waals surface area contributed by atoms with E-state index in [9.17, 15) is 19.5 Å². The third-order valence-corrected chi connectivity index (χ3v) is 4.56. The van der Waals surface area contributed by atoms with E-state index in [-0.39, 0.29) is 30.0 Å². The molecule has 1 saturated heterocycles. The number of carbonyl (C=O) groups is 3. The summed E-state index contributed by atoms with van der Waals surface area (Å²) in [7, 11) is 0. The molecule has 2 heterocycles. The quantitative estimate of drug-likeness (QED) is 0.557. The van der Waals surface area contributed by atoms with Gasteiger partial charge in [-0.2, -0.15) is 0 Å². The molecule has 24 heavy (non-hydrogen) atoms. The number of fused-ring (bicyclic) bond motifs is 1. The molecular formula is C16H19N4O4+. The van der Waals surface area contributed by atoms with E-state index in [0.717, 1.165) is 6.42 Å². The molecule has 0 unspecified atom stereocenters. The number of carbonyl (C=O) groups excluding carboxylic acids is 2. The van der Waals surface area contributed by atoms with Crippen molar-refractivity contribution in [1.82, 2.24) is 9.88 Å². The van der Waals surface area contributed by atoms with Gasteiger partial charge in [-0.3, -0.25) is 15.0 Å². The number of rotatable bonds is 6. The number of anilines is 1. The SMILES string of the molecule is CC(=O)C(=[NH2+])c1cccnc1NCC(=O)N1[C@@H]2C[C@@H]2C[C@H]1C(=O)O. The average molecular weight is 331 g/mol. The molecule has 1 aliphatic carbocycles. The standard InChI is InChI=1S/C16H18N4O4/c1-8(21)14(17)10-3-2-4-18-15(10)19-7-13(22)20-11-5-9(11)6-12(20)16(23)24/h2-4,9,11-12,17H,5-7H2,1H3,(H,18,19)(H,23,24)/p+1/t9-,11-,12+/m1/s1. The van der Waals surface area contributed by atoms with Gasteiger partial charge in [0.05, 0.1) is 12.1 Å². The lowest BCUT2D eigenvalue weighted by Crippen LogP contribution is -2.46. The number of ketones is 1. The molecule has 0 aromatic carbocycles. The molecule has 1 aromatic rings. The minimum atomic E-state index is -0.969. The van der Waals surface area contributed by atoms with Gasteiger partial charge in [0, 0.05) is 19.2 Å². The van der Waals surface area contributed by atoms with E-state index in [2.05, 4.69) is 10.3 Å². The molecule has 0 spiro atoms. The fraction of sp³-hybridized carbons (Fsp3) is 0.438. The van der Waals surface area contributed by atoms with E-state index in [1.807, 2.05) is 0 Å². The summed E-state index contributed by atoms with van der Waals surface area (Å²) >= 11 is 0. The summed E-state index contributed by atoms with van der Waals surface area (Å²) in [5.74, 6) is -0.906. The van der Waals surface area contributed by atoms with E-state index in [1.165, 1.54) is 18.0 Å². The van der Waals surface area contributed by atoms with Crippen molar-refractivity contribution in [2.75, 3.05) is 11.9 Å². The van der Waals surface area contributed by atoms with Gasteiger partial charge in [-0.05, 0) is 30.9 Å². The summed E-state index contributed by atoms with van der Waals surface area (Å²) in [4.78, 5) is 40.8. The number of hydrogen-bond acceptors (Lipinski definition) is 5.